The molecule has 0 radical (unpaired) electrons. The summed E-state index contributed by atoms with van der Waals surface area (Å²) >= 11 is 0. The van der Waals surface area contributed by atoms with Crippen LogP contribution in [0.15, 0.2) is 42.5 Å². The molecule has 1 N–H and O–H groups in total. The van der Waals surface area contributed by atoms with Gasteiger partial charge in [0, 0.05) is 19.2 Å². The molecule has 1 atom stereocenters. The third kappa shape index (κ3) is 4.82. The molecule has 9 heteroatoms. The Balaban J connectivity index is 2.00. The van der Waals surface area contributed by atoms with Crippen molar-refractivity contribution in [2.75, 3.05) is 33.4 Å². The highest BCUT2D eigenvalue weighted by Crippen LogP contribution is 2.39. The van der Waals surface area contributed by atoms with E-state index < -0.39 is 16.1 Å². The smallest absolute Gasteiger partial charge is 0.414 e. The summed E-state index contributed by atoms with van der Waals surface area (Å²) in [4.78, 5) is 28.0. The molecule has 0 saturated carbocycles. The zero-order valence-electron chi connectivity index (χ0n) is 18.1. The normalized spacial score (nSPS) is 15.9. The van der Waals surface area contributed by atoms with Crippen LogP contribution in [-0.2, 0) is 19.6 Å². The molecule has 1 heterocycles. The van der Waals surface area contributed by atoms with E-state index in [4.69, 9.17) is 4.74 Å². The molecule has 0 aliphatic carbocycles. The number of sulfonamides is 1. The molecule has 0 fully saturated rings. The van der Waals surface area contributed by atoms with Gasteiger partial charge in [-0.3, -0.25) is 14.4 Å². The Labute approximate surface area is 182 Å². The number of carbonyl (C=O) groups excluding carboxylic acids is 2. The van der Waals surface area contributed by atoms with Crippen molar-refractivity contribution in [2.24, 2.45) is 0 Å². The number of carbonyl (C=O) groups is 2. The van der Waals surface area contributed by atoms with Gasteiger partial charge in [-0.15, -0.1) is 0 Å². The van der Waals surface area contributed by atoms with Gasteiger partial charge in [-0.2, -0.15) is 0 Å². The second kappa shape index (κ2) is 8.97. The van der Waals surface area contributed by atoms with E-state index in [1.54, 1.807) is 47.9 Å². The molecular formula is C22H27N3O5S. The van der Waals surface area contributed by atoms with Crippen molar-refractivity contribution in [3.05, 3.63) is 42.5 Å². The minimum atomic E-state index is -3.35. The lowest BCUT2D eigenvalue weighted by Crippen LogP contribution is -2.51. The van der Waals surface area contributed by atoms with Gasteiger partial charge in [0.1, 0.15) is 0 Å². The Morgan fingerprint density at radius 3 is 2.29 bits per heavy atom. The van der Waals surface area contributed by atoms with Crippen LogP contribution >= 0.6 is 0 Å². The maximum Gasteiger partial charge on any atom is 0.414 e. The quantitative estimate of drug-likeness (QED) is 0.755. The lowest BCUT2D eigenvalue weighted by atomic mass is 10.0. The van der Waals surface area contributed by atoms with Gasteiger partial charge < -0.3 is 9.64 Å². The highest BCUT2D eigenvalue weighted by atomic mass is 32.2. The summed E-state index contributed by atoms with van der Waals surface area (Å²) < 4.78 is 31.2. The second-order valence-electron chi connectivity index (χ2n) is 7.33. The van der Waals surface area contributed by atoms with E-state index >= 15 is 0 Å². The zero-order chi connectivity index (χ0) is 22.8. The van der Waals surface area contributed by atoms with Gasteiger partial charge in [-0.05, 0) is 56.2 Å². The summed E-state index contributed by atoms with van der Waals surface area (Å²) in [5.74, 6) is -0.105. The number of fused-ring (bicyclic) bond motifs is 1. The number of hydrogen-bond acceptors (Lipinski definition) is 5. The van der Waals surface area contributed by atoms with Crippen LogP contribution in [0, 0.1) is 0 Å². The van der Waals surface area contributed by atoms with E-state index in [1.807, 2.05) is 25.1 Å². The van der Waals surface area contributed by atoms with Crippen LogP contribution in [0.25, 0.3) is 11.1 Å². The van der Waals surface area contributed by atoms with Crippen molar-refractivity contribution < 1.29 is 22.7 Å². The van der Waals surface area contributed by atoms with Crippen molar-refractivity contribution in [1.82, 2.24) is 0 Å². The fourth-order valence-corrected chi connectivity index (χ4v) is 4.28. The van der Waals surface area contributed by atoms with Crippen LogP contribution in [0.5, 0.6) is 0 Å². The molecule has 2 amide bonds. The van der Waals surface area contributed by atoms with Gasteiger partial charge in [-0.1, -0.05) is 18.2 Å². The molecule has 2 aromatic carbocycles. The van der Waals surface area contributed by atoms with E-state index in [0.29, 0.717) is 23.6 Å². The summed E-state index contributed by atoms with van der Waals surface area (Å²) in [7, 11) is -3.35. The van der Waals surface area contributed by atoms with Crippen molar-refractivity contribution >= 4 is 39.1 Å². The van der Waals surface area contributed by atoms with Crippen molar-refractivity contribution in [2.45, 2.75) is 33.7 Å². The lowest BCUT2D eigenvalue weighted by molar-refractivity contribution is -0.117. The summed E-state index contributed by atoms with van der Waals surface area (Å²) in [6.45, 7) is 7.30. The third-order valence-corrected chi connectivity index (χ3v) is 6.42. The predicted molar refractivity (Wildman–Crippen MR) is 122 cm³/mol. The molecule has 0 aromatic heterocycles. The van der Waals surface area contributed by atoms with Crippen LogP contribution in [0.3, 0.4) is 0 Å². The molecule has 0 spiro atoms. The van der Waals surface area contributed by atoms with Crippen LogP contribution in [0.2, 0.25) is 0 Å². The SMILES string of the molecule is CCOC(=O)N1CC(C)N(C(C)=O)c2ccc(-c3ccc(NS(=O)(=O)CC)cc3)cc21. The predicted octanol–water partition coefficient (Wildman–Crippen LogP) is 3.83. The molecule has 1 unspecified atom stereocenters. The standard InChI is InChI=1S/C22H27N3O5S/c1-5-30-22(27)24-14-15(3)25(16(4)26)20-12-9-18(13-21(20)24)17-7-10-19(11-8-17)23-31(28,29)6-2/h7-13,15,23H,5-6,14H2,1-4H3. The molecule has 166 valence electrons. The van der Waals surface area contributed by atoms with Crippen LogP contribution in [0.1, 0.15) is 27.7 Å². The van der Waals surface area contributed by atoms with E-state index in [2.05, 4.69) is 4.72 Å². The maximum atomic E-state index is 12.6. The Bertz CT molecular complexity index is 1080. The van der Waals surface area contributed by atoms with Gasteiger partial charge in [0.05, 0.1) is 29.8 Å². The van der Waals surface area contributed by atoms with E-state index in [9.17, 15) is 18.0 Å². The minimum Gasteiger partial charge on any atom is -0.449 e. The average Bonchev–Trinajstić information content (AvgIpc) is 2.73. The largest absolute Gasteiger partial charge is 0.449 e. The van der Waals surface area contributed by atoms with Gasteiger partial charge in [0.2, 0.25) is 15.9 Å². The maximum absolute atomic E-state index is 12.6. The molecule has 8 nitrogen and oxygen atoms in total. The van der Waals surface area contributed by atoms with Crippen molar-refractivity contribution in [3.63, 3.8) is 0 Å². The topological polar surface area (TPSA) is 96.0 Å². The second-order valence-corrected chi connectivity index (χ2v) is 9.34. The van der Waals surface area contributed by atoms with E-state index in [0.717, 1.165) is 11.1 Å². The zero-order valence-corrected chi connectivity index (χ0v) is 18.9. The van der Waals surface area contributed by atoms with Crippen LogP contribution in [0.4, 0.5) is 21.9 Å². The van der Waals surface area contributed by atoms with Gasteiger partial charge >= 0.3 is 6.09 Å². The fraction of sp³-hybridized carbons (Fsp3) is 0.364. The lowest BCUT2D eigenvalue weighted by Gasteiger charge is -2.40. The first-order valence-electron chi connectivity index (χ1n) is 10.2. The Kier molecular flexibility index (Phi) is 6.54. The molecule has 31 heavy (non-hydrogen) atoms. The highest BCUT2D eigenvalue weighted by molar-refractivity contribution is 7.92. The summed E-state index contributed by atoms with van der Waals surface area (Å²) in [6, 6.07) is 12.3. The molecule has 3 rings (SSSR count). The van der Waals surface area contributed by atoms with Gasteiger partial charge in [0.15, 0.2) is 0 Å². The van der Waals surface area contributed by atoms with Crippen LogP contribution in [-0.4, -0.2) is 45.4 Å². The Hall–Kier alpha value is -3.07. The highest BCUT2D eigenvalue weighted by Gasteiger charge is 2.34. The van der Waals surface area contributed by atoms with Gasteiger partial charge in [0.25, 0.3) is 0 Å². The van der Waals surface area contributed by atoms with Gasteiger partial charge in [-0.25, -0.2) is 13.2 Å². The van der Waals surface area contributed by atoms with Crippen molar-refractivity contribution in [3.8, 4) is 11.1 Å². The number of benzene rings is 2. The first kappa shape index (κ1) is 22.6. The number of hydrogen-bond donors (Lipinski definition) is 1. The minimum absolute atomic E-state index is 0.00562. The molecule has 1 aliphatic heterocycles. The molecule has 0 bridgehead atoms. The molecule has 0 saturated heterocycles. The van der Waals surface area contributed by atoms with E-state index in [-0.39, 0.29) is 24.3 Å². The number of anilines is 3. The number of rotatable bonds is 5. The summed E-state index contributed by atoms with van der Waals surface area (Å²) in [5, 5.41) is 0. The number of nitrogens with one attached hydrogen (secondary N) is 1. The number of nitrogens with zero attached hydrogens (tertiary/aromatic N) is 2. The average molecular weight is 446 g/mol. The van der Waals surface area contributed by atoms with Crippen molar-refractivity contribution in [1.29, 1.82) is 0 Å². The molecular weight excluding hydrogens is 418 g/mol. The Morgan fingerprint density at radius 1 is 1.06 bits per heavy atom. The first-order valence-corrected chi connectivity index (χ1v) is 11.8. The first-order chi connectivity index (χ1) is 14.7. The number of ether oxygens (including phenoxy) is 1. The monoisotopic (exact) mass is 445 g/mol. The molecule has 1 aliphatic rings. The fourth-order valence-electron chi connectivity index (χ4n) is 3.64. The van der Waals surface area contributed by atoms with Crippen LogP contribution < -0.4 is 14.5 Å². The molecule has 2 aromatic rings. The number of amides is 2. The summed E-state index contributed by atoms with van der Waals surface area (Å²) in [6.07, 6.45) is -0.458. The summed E-state index contributed by atoms with van der Waals surface area (Å²) in [5.41, 5.74) is 3.40. The Morgan fingerprint density at radius 2 is 1.71 bits per heavy atom. The third-order valence-electron chi connectivity index (χ3n) is 5.11. The van der Waals surface area contributed by atoms with E-state index in [1.165, 1.54) is 6.92 Å².